The number of hydrogen-bond donors (Lipinski definition) is 0. The van der Waals surface area contributed by atoms with E-state index in [1.54, 1.807) is 0 Å². The summed E-state index contributed by atoms with van der Waals surface area (Å²) in [6.45, 7) is 4.45. The molecule has 0 saturated carbocycles. The van der Waals surface area contributed by atoms with Crippen LogP contribution in [0.15, 0.2) is 0 Å². The van der Waals surface area contributed by atoms with E-state index in [2.05, 4.69) is 0 Å². The zero-order valence-electron chi connectivity index (χ0n) is 16.2. The van der Waals surface area contributed by atoms with Gasteiger partial charge in [0.1, 0.15) is 6.54 Å². The third-order valence-electron chi connectivity index (χ3n) is 5.60. The van der Waals surface area contributed by atoms with Crippen LogP contribution in [0.25, 0.3) is 10.8 Å². The van der Waals surface area contributed by atoms with Crippen LogP contribution in [0.2, 0.25) is 0 Å². The van der Waals surface area contributed by atoms with Crippen LogP contribution in [0.3, 0.4) is 0 Å². The normalized spacial score (nSPS) is 15.9. The second-order valence-corrected chi connectivity index (χ2v) is 9.21. The highest BCUT2D eigenvalue weighted by atomic mass is 32.2. The molecular weight excluding hydrogens is 436 g/mol. The van der Waals surface area contributed by atoms with Gasteiger partial charge in [-0.1, -0.05) is 0 Å². The summed E-state index contributed by atoms with van der Waals surface area (Å²) in [4.78, 5) is 0. The van der Waals surface area contributed by atoms with Gasteiger partial charge in [-0.2, -0.15) is 8.97 Å². The smallest absolute Gasteiger partial charge is 0.249 e. The summed E-state index contributed by atoms with van der Waals surface area (Å²) in [5.41, 5.74) is -1.56. The molecule has 2 aromatic carbocycles. The fourth-order valence-corrected chi connectivity index (χ4v) is 4.45. The molecule has 30 heavy (non-hydrogen) atoms. The monoisotopic (exact) mass is 453 g/mol. The van der Waals surface area contributed by atoms with Crippen molar-refractivity contribution in [2.75, 3.05) is 12.3 Å². The van der Waals surface area contributed by atoms with Crippen LogP contribution in [0, 0.1) is 34.9 Å². The number of halogens is 6. The Kier molecular flexibility index (Phi) is 5.43. The van der Waals surface area contributed by atoms with Crippen molar-refractivity contribution in [2.45, 2.75) is 39.0 Å². The van der Waals surface area contributed by atoms with E-state index in [0.29, 0.717) is 5.71 Å². The number of rotatable bonds is 5. The van der Waals surface area contributed by atoms with Gasteiger partial charge in [0.25, 0.3) is 0 Å². The maximum atomic E-state index is 15.0. The van der Waals surface area contributed by atoms with Gasteiger partial charge in [0.2, 0.25) is 11.5 Å². The van der Waals surface area contributed by atoms with Gasteiger partial charge in [-0.25, -0.2) is 30.4 Å². The van der Waals surface area contributed by atoms with Crippen molar-refractivity contribution < 1.29 is 43.9 Å². The Morgan fingerprint density at radius 2 is 1.33 bits per heavy atom. The first-order valence-electron chi connectivity index (χ1n) is 8.94. The number of benzene rings is 2. The van der Waals surface area contributed by atoms with Crippen LogP contribution >= 0.6 is 0 Å². The van der Waals surface area contributed by atoms with Gasteiger partial charge in [0.15, 0.2) is 34.8 Å². The lowest BCUT2D eigenvalue weighted by atomic mass is 9.79. The molecule has 0 bridgehead atoms. The van der Waals surface area contributed by atoms with E-state index in [4.69, 9.17) is 0 Å². The lowest BCUT2D eigenvalue weighted by Gasteiger charge is -2.18. The van der Waals surface area contributed by atoms with E-state index in [0.717, 1.165) is 0 Å². The molecule has 0 spiro atoms. The molecule has 164 valence electrons. The molecule has 0 saturated heterocycles. The lowest BCUT2D eigenvalue weighted by Crippen LogP contribution is -2.27. The summed E-state index contributed by atoms with van der Waals surface area (Å²) >= 11 is 0. The Balaban J connectivity index is 2.27. The first-order chi connectivity index (χ1) is 13.7. The average molecular weight is 453 g/mol. The minimum absolute atomic E-state index is 0.0621. The average Bonchev–Trinajstić information content (AvgIpc) is 2.84. The molecule has 0 aliphatic carbocycles. The quantitative estimate of drug-likeness (QED) is 0.168. The largest absolute Gasteiger partial charge is 0.748 e. The zero-order chi connectivity index (χ0) is 22.8. The van der Waals surface area contributed by atoms with Crippen LogP contribution < -0.4 is 0 Å². The fourth-order valence-electron chi connectivity index (χ4n) is 3.89. The summed E-state index contributed by atoms with van der Waals surface area (Å²) in [6, 6.07) is 0. The Labute approximate surface area is 168 Å². The van der Waals surface area contributed by atoms with Crippen molar-refractivity contribution >= 4 is 32.3 Å². The van der Waals surface area contributed by atoms with Crippen molar-refractivity contribution in [1.82, 2.24) is 0 Å². The van der Waals surface area contributed by atoms with E-state index in [9.17, 15) is 39.3 Å². The summed E-state index contributed by atoms with van der Waals surface area (Å²) < 4.78 is 120. The van der Waals surface area contributed by atoms with Crippen molar-refractivity contribution in [2.24, 2.45) is 0 Å². The minimum Gasteiger partial charge on any atom is -0.748 e. The van der Waals surface area contributed by atoms with E-state index < -0.39 is 72.6 Å². The molecule has 1 heterocycles. The standard InChI is InChI=1S/C19H17F6NO3S/c1-8-19(2,3)11-9-10(13(21)16(24)15(23)12(9)20)14(22)17(25)18(11)26(8)6-4-5-7-30(27,28)29/h4-7H2,1-3H3. The van der Waals surface area contributed by atoms with Crippen molar-refractivity contribution in [3.63, 3.8) is 0 Å². The van der Waals surface area contributed by atoms with E-state index in [1.165, 1.54) is 25.3 Å². The molecule has 0 aromatic heterocycles. The predicted octanol–water partition coefficient (Wildman–Crippen LogP) is 4.40. The SMILES string of the molecule is CC1=[N+](CCCCS(=O)(=O)[O-])c2c(F)c(F)c3c(F)c(F)c(F)c(F)c3c2C1(C)C. The van der Waals surface area contributed by atoms with Crippen LogP contribution in [-0.2, 0) is 15.5 Å². The number of fused-ring (bicyclic) bond motifs is 3. The summed E-state index contributed by atoms with van der Waals surface area (Å²) in [5.74, 6) is -12.3. The third kappa shape index (κ3) is 3.27. The minimum atomic E-state index is -4.46. The Morgan fingerprint density at radius 1 is 0.833 bits per heavy atom. The Morgan fingerprint density at radius 3 is 1.87 bits per heavy atom. The highest BCUT2D eigenvalue weighted by molar-refractivity contribution is 7.85. The summed E-state index contributed by atoms with van der Waals surface area (Å²) in [7, 11) is -4.46. The second-order valence-electron chi connectivity index (χ2n) is 7.69. The van der Waals surface area contributed by atoms with Crippen molar-refractivity contribution in [3.8, 4) is 0 Å². The molecule has 3 rings (SSSR count). The van der Waals surface area contributed by atoms with E-state index in [-0.39, 0.29) is 24.9 Å². The molecule has 0 unspecified atom stereocenters. The van der Waals surface area contributed by atoms with Gasteiger partial charge < -0.3 is 4.55 Å². The van der Waals surface area contributed by atoms with Crippen LogP contribution in [0.4, 0.5) is 32.0 Å². The Bertz CT molecular complexity index is 1220. The van der Waals surface area contributed by atoms with Gasteiger partial charge in [-0.15, -0.1) is 0 Å². The van der Waals surface area contributed by atoms with E-state index >= 15 is 0 Å². The van der Waals surface area contributed by atoms with Crippen LogP contribution in [0.5, 0.6) is 0 Å². The van der Waals surface area contributed by atoms with Crippen LogP contribution in [-0.4, -0.2) is 35.6 Å². The molecule has 0 atom stereocenters. The lowest BCUT2D eigenvalue weighted by molar-refractivity contribution is -0.441. The molecule has 2 aromatic rings. The fraction of sp³-hybridized carbons (Fsp3) is 0.421. The van der Waals surface area contributed by atoms with Gasteiger partial charge in [0, 0.05) is 24.5 Å². The predicted molar refractivity (Wildman–Crippen MR) is 96.0 cm³/mol. The van der Waals surface area contributed by atoms with E-state index in [1.807, 2.05) is 0 Å². The first-order valence-corrected chi connectivity index (χ1v) is 10.5. The van der Waals surface area contributed by atoms with Crippen molar-refractivity contribution in [3.05, 3.63) is 40.5 Å². The molecule has 1 aliphatic rings. The van der Waals surface area contributed by atoms with Crippen molar-refractivity contribution in [1.29, 1.82) is 0 Å². The number of nitrogens with zero attached hydrogens (tertiary/aromatic N) is 1. The Hall–Kier alpha value is -2.14. The molecule has 0 fully saturated rings. The summed E-state index contributed by atoms with van der Waals surface area (Å²) in [6.07, 6.45) is 0.0218. The van der Waals surface area contributed by atoms with Gasteiger partial charge in [0.05, 0.1) is 26.5 Å². The summed E-state index contributed by atoms with van der Waals surface area (Å²) in [5, 5.41) is -2.21. The van der Waals surface area contributed by atoms with Gasteiger partial charge in [-0.3, -0.25) is 0 Å². The topological polar surface area (TPSA) is 60.2 Å². The number of hydrogen-bond acceptors (Lipinski definition) is 3. The second kappa shape index (κ2) is 7.23. The zero-order valence-corrected chi connectivity index (χ0v) is 17.0. The maximum absolute atomic E-state index is 15.0. The molecule has 0 radical (unpaired) electrons. The van der Waals surface area contributed by atoms with Crippen LogP contribution in [0.1, 0.15) is 39.2 Å². The highest BCUT2D eigenvalue weighted by Crippen LogP contribution is 2.48. The molecule has 0 N–H and O–H groups in total. The van der Waals surface area contributed by atoms with Gasteiger partial charge >= 0.3 is 0 Å². The molecular formula is C19H17F6NO3S. The number of unbranched alkanes of at least 4 members (excludes halogenated alkanes) is 1. The maximum Gasteiger partial charge on any atom is 0.249 e. The molecule has 4 nitrogen and oxygen atoms in total. The van der Waals surface area contributed by atoms with Gasteiger partial charge in [-0.05, 0) is 20.3 Å². The highest BCUT2D eigenvalue weighted by Gasteiger charge is 2.49. The third-order valence-corrected chi connectivity index (χ3v) is 6.39. The molecule has 0 amide bonds. The molecule has 1 aliphatic heterocycles. The molecule has 11 heteroatoms. The first kappa shape index (κ1) is 22.5.